The summed E-state index contributed by atoms with van der Waals surface area (Å²) in [6.45, 7) is 0. The second-order valence-corrected chi connectivity index (χ2v) is 9.45. The molecule has 1 aliphatic heterocycles. The summed E-state index contributed by atoms with van der Waals surface area (Å²) in [6, 6.07) is 15.6. The summed E-state index contributed by atoms with van der Waals surface area (Å²) in [5, 5.41) is 80.5. The van der Waals surface area contributed by atoms with E-state index in [0.717, 1.165) is 11.6 Å². The highest BCUT2D eigenvalue weighted by molar-refractivity contribution is 5.90. The Balaban J connectivity index is 1.65. The molecule has 1 aromatic heterocycles. The van der Waals surface area contributed by atoms with Crippen molar-refractivity contribution in [1.82, 2.24) is 0 Å². The SMILES string of the molecule is O=C(O)C1OC(Oc2cc3oc(-c4ccc(O)cc4)c(Cc4ccccc4)c(=O)c3c(O)c2O)C(O)C(O)(O)C1O. The van der Waals surface area contributed by atoms with Gasteiger partial charge in [0.15, 0.2) is 23.7 Å². The molecule has 4 aromatic rings. The highest BCUT2D eigenvalue weighted by atomic mass is 16.7. The number of aliphatic hydroxyl groups is 4. The Bertz CT molecular complexity index is 1660. The summed E-state index contributed by atoms with van der Waals surface area (Å²) in [4.78, 5) is 25.2. The van der Waals surface area contributed by atoms with Crippen LogP contribution >= 0.6 is 0 Å². The fourth-order valence-electron chi connectivity index (χ4n) is 4.54. The molecule has 1 saturated heterocycles. The summed E-state index contributed by atoms with van der Waals surface area (Å²) in [5.74, 6) is -7.88. The van der Waals surface area contributed by atoms with E-state index >= 15 is 0 Å². The molecule has 1 aliphatic rings. The van der Waals surface area contributed by atoms with Gasteiger partial charge in [0.1, 0.15) is 28.6 Å². The molecule has 41 heavy (non-hydrogen) atoms. The van der Waals surface area contributed by atoms with Gasteiger partial charge in [0.2, 0.25) is 23.3 Å². The Hall–Kier alpha value is -4.66. The average Bonchev–Trinajstić information content (AvgIpc) is 2.94. The zero-order chi connectivity index (χ0) is 29.6. The number of ether oxygens (including phenoxy) is 2. The van der Waals surface area contributed by atoms with E-state index < -0.39 is 64.4 Å². The third-order valence-electron chi connectivity index (χ3n) is 6.73. The molecule has 13 nitrogen and oxygen atoms in total. The average molecular weight is 568 g/mol. The number of aliphatic carboxylic acids is 1. The molecule has 214 valence electrons. The van der Waals surface area contributed by atoms with Crippen molar-refractivity contribution in [2.45, 2.75) is 36.8 Å². The van der Waals surface area contributed by atoms with Crippen LogP contribution in [0.2, 0.25) is 0 Å². The number of phenolic OH excluding ortho intramolecular Hbond substituents is 3. The normalized spacial score (nSPS) is 22.0. The zero-order valence-electron chi connectivity index (χ0n) is 20.9. The van der Waals surface area contributed by atoms with Crippen molar-refractivity contribution < 1.29 is 59.5 Å². The van der Waals surface area contributed by atoms with Crippen LogP contribution in [0.4, 0.5) is 0 Å². The molecule has 5 rings (SSSR count). The van der Waals surface area contributed by atoms with Crippen LogP contribution in [0.5, 0.6) is 23.0 Å². The third-order valence-corrected chi connectivity index (χ3v) is 6.73. The number of aliphatic hydroxyl groups excluding tert-OH is 2. The van der Waals surface area contributed by atoms with Crippen molar-refractivity contribution in [2.75, 3.05) is 0 Å². The number of phenols is 3. The predicted molar refractivity (Wildman–Crippen MR) is 138 cm³/mol. The number of hydrogen-bond donors (Lipinski definition) is 8. The number of fused-ring (bicyclic) bond motifs is 1. The van der Waals surface area contributed by atoms with E-state index in [0.29, 0.717) is 5.56 Å². The smallest absolute Gasteiger partial charge is 0.335 e. The highest BCUT2D eigenvalue weighted by Crippen LogP contribution is 2.44. The molecule has 0 amide bonds. The van der Waals surface area contributed by atoms with Gasteiger partial charge in [-0.1, -0.05) is 30.3 Å². The van der Waals surface area contributed by atoms with Gasteiger partial charge in [-0.2, -0.15) is 0 Å². The van der Waals surface area contributed by atoms with E-state index in [2.05, 4.69) is 0 Å². The first kappa shape index (κ1) is 27.9. The molecule has 8 N–H and O–H groups in total. The van der Waals surface area contributed by atoms with Crippen molar-refractivity contribution in [2.24, 2.45) is 0 Å². The molecule has 0 spiro atoms. The van der Waals surface area contributed by atoms with Crippen LogP contribution in [0, 0.1) is 0 Å². The lowest BCUT2D eigenvalue weighted by atomic mass is 9.95. The second kappa shape index (κ2) is 10.4. The van der Waals surface area contributed by atoms with Gasteiger partial charge in [-0.15, -0.1) is 0 Å². The Morgan fingerprint density at radius 3 is 2.22 bits per heavy atom. The van der Waals surface area contributed by atoms with Gasteiger partial charge in [0.05, 0.1) is 0 Å². The first-order valence-corrected chi connectivity index (χ1v) is 12.1. The zero-order valence-corrected chi connectivity index (χ0v) is 20.9. The summed E-state index contributed by atoms with van der Waals surface area (Å²) < 4.78 is 16.3. The standard InChI is InChI=1S/C28H24O13/c29-14-8-6-13(7-9-14)22-15(10-12-4-2-1-3-5-12)19(30)18-16(39-22)11-17(20(31)21(18)32)40-27-25(34)28(37,38)24(33)23(41-27)26(35)36/h1-9,11,23-25,27,29,31-34,37-38H,10H2,(H,35,36). The number of carboxylic acids is 1. The highest BCUT2D eigenvalue weighted by Gasteiger charge is 2.58. The molecule has 4 unspecified atom stereocenters. The summed E-state index contributed by atoms with van der Waals surface area (Å²) in [6.07, 6.45) is -9.28. The van der Waals surface area contributed by atoms with Crippen LogP contribution in [-0.4, -0.2) is 77.2 Å². The molecule has 0 saturated carbocycles. The molecular formula is C28H24O13. The first-order valence-electron chi connectivity index (χ1n) is 12.1. The van der Waals surface area contributed by atoms with Gasteiger partial charge < -0.3 is 54.7 Å². The van der Waals surface area contributed by atoms with Crippen molar-refractivity contribution in [1.29, 1.82) is 0 Å². The maximum atomic E-state index is 13.7. The number of aromatic hydroxyl groups is 3. The maximum absolute atomic E-state index is 13.7. The van der Waals surface area contributed by atoms with E-state index in [9.17, 15) is 50.4 Å². The topological polar surface area (TPSA) is 228 Å². The van der Waals surface area contributed by atoms with Gasteiger partial charge >= 0.3 is 5.97 Å². The van der Waals surface area contributed by atoms with Crippen molar-refractivity contribution in [3.8, 4) is 34.3 Å². The summed E-state index contributed by atoms with van der Waals surface area (Å²) >= 11 is 0. The van der Waals surface area contributed by atoms with Crippen LogP contribution in [0.3, 0.4) is 0 Å². The van der Waals surface area contributed by atoms with E-state index in [1.54, 1.807) is 30.3 Å². The Labute approximate surface area is 229 Å². The number of carboxylic acid groups (broad SMARTS) is 1. The summed E-state index contributed by atoms with van der Waals surface area (Å²) in [7, 11) is 0. The second-order valence-electron chi connectivity index (χ2n) is 9.45. The van der Waals surface area contributed by atoms with Crippen LogP contribution in [0.25, 0.3) is 22.3 Å². The van der Waals surface area contributed by atoms with Crippen LogP contribution in [-0.2, 0) is 16.0 Å². The molecule has 0 bridgehead atoms. The minimum Gasteiger partial charge on any atom is -0.508 e. The minimum atomic E-state index is -3.40. The largest absolute Gasteiger partial charge is 0.508 e. The lowest BCUT2D eigenvalue weighted by Crippen LogP contribution is -2.69. The van der Waals surface area contributed by atoms with Crippen molar-refractivity contribution in [3.05, 3.63) is 82.0 Å². The minimum absolute atomic E-state index is 0.0422. The molecular weight excluding hydrogens is 544 g/mol. The number of benzene rings is 3. The quantitative estimate of drug-likeness (QED) is 0.119. The molecule has 0 radical (unpaired) electrons. The van der Waals surface area contributed by atoms with E-state index in [-0.39, 0.29) is 29.1 Å². The van der Waals surface area contributed by atoms with Crippen LogP contribution < -0.4 is 10.2 Å². The monoisotopic (exact) mass is 568 g/mol. The Morgan fingerprint density at radius 1 is 0.927 bits per heavy atom. The molecule has 13 heteroatoms. The predicted octanol–water partition coefficient (Wildman–Crippen LogP) is 0.759. The van der Waals surface area contributed by atoms with Crippen molar-refractivity contribution >= 4 is 16.9 Å². The van der Waals surface area contributed by atoms with E-state index in [4.69, 9.17) is 13.9 Å². The maximum Gasteiger partial charge on any atom is 0.335 e. The fraction of sp³-hybridized carbons (Fsp3) is 0.214. The molecule has 1 fully saturated rings. The van der Waals surface area contributed by atoms with Gasteiger partial charge in [-0.25, -0.2) is 4.79 Å². The fourth-order valence-corrected chi connectivity index (χ4v) is 4.54. The number of hydrogen-bond acceptors (Lipinski definition) is 12. The number of carbonyl (C=O) groups is 1. The van der Waals surface area contributed by atoms with Gasteiger partial charge in [-0.3, -0.25) is 4.79 Å². The lowest BCUT2D eigenvalue weighted by Gasteiger charge is -2.43. The Kier molecular flexibility index (Phi) is 7.07. The van der Waals surface area contributed by atoms with Gasteiger partial charge in [0, 0.05) is 23.6 Å². The summed E-state index contributed by atoms with van der Waals surface area (Å²) in [5.41, 5.74) is 0.229. The first-order chi connectivity index (χ1) is 19.4. The van der Waals surface area contributed by atoms with E-state index in [1.807, 2.05) is 0 Å². The number of rotatable bonds is 6. The third kappa shape index (κ3) is 4.92. The lowest BCUT2D eigenvalue weighted by molar-refractivity contribution is -0.369. The van der Waals surface area contributed by atoms with Crippen LogP contribution in [0.15, 0.2) is 69.9 Å². The van der Waals surface area contributed by atoms with Gasteiger partial charge in [0.25, 0.3) is 0 Å². The molecule has 0 aliphatic carbocycles. The van der Waals surface area contributed by atoms with Crippen molar-refractivity contribution in [3.63, 3.8) is 0 Å². The molecule has 2 heterocycles. The molecule has 4 atom stereocenters. The Morgan fingerprint density at radius 2 is 1.59 bits per heavy atom. The van der Waals surface area contributed by atoms with E-state index in [1.165, 1.54) is 24.3 Å². The van der Waals surface area contributed by atoms with Gasteiger partial charge in [-0.05, 0) is 29.8 Å². The van der Waals surface area contributed by atoms with Crippen LogP contribution in [0.1, 0.15) is 11.1 Å². The molecule has 3 aromatic carbocycles.